The Morgan fingerprint density at radius 2 is 1.86 bits per heavy atom. The van der Waals surface area contributed by atoms with Gasteiger partial charge in [0.25, 0.3) is 0 Å². The summed E-state index contributed by atoms with van der Waals surface area (Å²) in [6.07, 6.45) is 0.334. The highest BCUT2D eigenvalue weighted by Crippen LogP contribution is 2.25. The molecule has 1 aromatic heterocycles. The Kier molecular flexibility index (Phi) is 6.02. The van der Waals surface area contributed by atoms with Crippen LogP contribution < -0.4 is 4.74 Å². The number of hydrogen-bond donors (Lipinski definition) is 0. The second-order valence-electron chi connectivity index (χ2n) is 7.19. The summed E-state index contributed by atoms with van der Waals surface area (Å²) in [6.45, 7) is 7.73. The lowest BCUT2D eigenvalue weighted by Gasteiger charge is -2.36. The first kappa shape index (κ1) is 19.9. The molecule has 28 heavy (non-hydrogen) atoms. The molecule has 0 radical (unpaired) electrons. The van der Waals surface area contributed by atoms with E-state index in [-0.39, 0.29) is 17.7 Å². The van der Waals surface area contributed by atoms with Crippen molar-refractivity contribution >= 4 is 11.8 Å². The van der Waals surface area contributed by atoms with E-state index in [9.17, 15) is 9.59 Å². The van der Waals surface area contributed by atoms with Crippen LogP contribution in [0.4, 0.5) is 0 Å². The lowest BCUT2D eigenvalue weighted by Crippen LogP contribution is -2.51. The summed E-state index contributed by atoms with van der Waals surface area (Å²) in [7, 11) is 1.61. The lowest BCUT2D eigenvalue weighted by molar-refractivity contribution is -0.139. The summed E-state index contributed by atoms with van der Waals surface area (Å²) in [5.41, 5.74) is 2.54. The number of amides is 2. The summed E-state index contributed by atoms with van der Waals surface area (Å²) in [6, 6.07) is 7.54. The Bertz CT molecular complexity index is 834. The van der Waals surface area contributed by atoms with Crippen LogP contribution in [0, 0.1) is 13.8 Å². The molecule has 0 bridgehead atoms. The average molecular weight is 385 g/mol. The number of benzene rings is 1. The Morgan fingerprint density at radius 3 is 2.46 bits per heavy atom. The fraction of sp³-hybridized carbons (Fsp3) is 0.476. The minimum atomic E-state index is -0.301. The molecule has 1 fully saturated rings. The predicted octanol–water partition coefficient (Wildman–Crippen LogP) is 2.32. The van der Waals surface area contributed by atoms with Crippen LogP contribution in [0.1, 0.15) is 35.4 Å². The molecule has 2 amide bonds. The standard InChI is InChI=1S/C21H27N3O4/c1-14(20-15(2)22-28-16(20)3)21(26)24-10-8-23(9-11-24)19(25)13-17-6-5-7-18(12-17)27-4/h5-7,12,14H,8-11,13H2,1-4H3. The summed E-state index contributed by atoms with van der Waals surface area (Å²) in [5.74, 6) is 1.25. The molecule has 150 valence electrons. The molecule has 2 aromatic rings. The highest BCUT2D eigenvalue weighted by Gasteiger charge is 2.30. The maximum absolute atomic E-state index is 12.9. The normalized spacial score (nSPS) is 15.4. The molecule has 1 atom stereocenters. The SMILES string of the molecule is COc1cccc(CC(=O)N2CCN(C(=O)C(C)c3c(C)noc3C)CC2)c1. The van der Waals surface area contributed by atoms with Crippen molar-refractivity contribution in [2.75, 3.05) is 33.3 Å². The molecule has 3 rings (SSSR count). The van der Waals surface area contributed by atoms with Gasteiger partial charge in [-0.2, -0.15) is 0 Å². The third-order valence-corrected chi connectivity index (χ3v) is 5.33. The van der Waals surface area contributed by atoms with Gasteiger partial charge in [0, 0.05) is 31.7 Å². The fourth-order valence-electron chi connectivity index (χ4n) is 3.75. The lowest BCUT2D eigenvalue weighted by atomic mass is 9.97. The molecule has 1 aliphatic heterocycles. The Balaban J connectivity index is 1.56. The number of aryl methyl sites for hydroxylation is 2. The minimum absolute atomic E-state index is 0.0503. The van der Waals surface area contributed by atoms with Crippen molar-refractivity contribution < 1.29 is 18.8 Å². The number of ether oxygens (including phenoxy) is 1. The smallest absolute Gasteiger partial charge is 0.230 e. The van der Waals surface area contributed by atoms with Gasteiger partial charge in [0.2, 0.25) is 11.8 Å². The van der Waals surface area contributed by atoms with Crippen LogP contribution in [0.25, 0.3) is 0 Å². The molecule has 7 nitrogen and oxygen atoms in total. The number of rotatable bonds is 5. The van der Waals surface area contributed by atoms with Gasteiger partial charge in [-0.1, -0.05) is 17.3 Å². The van der Waals surface area contributed by atoms with E-state index in [1.165, 1.54) is 0 Å². The Morgan fingerprint density at radius 1 is 1.18 bits per heavy atom. The van der Waals surface area contributed by atoms with E-state index in [0.29, 0.717) is 38.4 Å². The molecule has 0 aliphatic carbocycles. The maximum atomic E-state index is 12.9. The predicted molar refractivity (Wildman–Crippen MR) is 104 cm³/mol. The van der Waals surface area contributed by atoms with Crippen molar-refractivity contribution in [1.29, 1.82) is 0 Å². The average Bonchev–Trinajstić information content (AvgIpc) is 3.05. The molecular formula is C21H27N3O4. The van der Waals surface area contributed by atoms with E-state index >= 15 is 0 Å². The van der Waals surface area contributed by atoms with Gasteiger partial charge in [-0.05, 0) is 38.5 Å². The molecule has 0 saturated carbocycles. The van der Waals surface area contributed by atoms with E-state index in [1.807, 2.05) is 54.8 Å². The molecule has 2 heterocycles. The number of hydrogen-bond acceptors (Lipinski definition) is 5. The summed E-state index contributed by atoms with van der Waals surface area (Å²) >= 11 is 0. The summed E-state index contributed by atoms with van der Waals surface area (Å²) < 4.78 is 10.4. The van der Waals surface area contributed by atoms with E-state index in [1.54, 1.807) is 7.11 Å². The van der Waals surface area contributed by atoms with Gasteiger partial charge in [0.1, 0.15) is 11.5 Å². The molecule has 1 unspecified atom stereocenters. The van der Waals surface area contributed by atoms with E-state index in [0.717, 1.165) is 22.6 Å². The first-order chi connectivity index (χ1) is 13.4. The Labute approximate surface area is 165 Å². The van der Waals surface area contributed by atoms with Crippen LogP contribution in [0.2, 0.25) is 0 Å². The molecule has 0 N–H and O–H groups in total. The van der Waals surface area contributed by atoms with Crippen LogP contribution in [-0.4, -0.2) is 60.1 Å². The van der Waals surface area contributed by atoms with Gasteiger partial charge < -0.3 is 19.1 Å². The van der Waals surface area contributed by atoms with Crippen LogP contribution >= 0.6 is 0 Å². The van der Waals surface area contributed by atoms with Crippen molar-refractivity contribution in [2.24, 2.45) is 0 Å². The highest BCUT2D eigenvalue weighted by molar-refractivity contribution is 5.84. The molecule has 0 spiro atoms. The topological polar surface area (TPSA) is 75.9 Å². The zero-order valence-corrected chi connectivity index (χ0v) is 16.9. The van der Waals surface area contributed by atoms with Crippen LogP contribution in [0.5, 0.6) is 5.75 Å². The van der Waals surface area contributed by atoms with Crippen molar-refractivity contribution in [3.63, 3.8) is 0 Å². The second kappa shape index (κ2) is 8.46. The van der Waals surface area contributed by atoms with Gasteiger partial charge in [-0.25, -0.2) is 0 Å². The highest BCUT2D eigenvalue weighted by atomic mass is 16.5. The number of piperazine rings is 1. The first-order valence-electron chi connectivity index (χ1n) is 9.53. The number of methoxy groups -OCH3 is 1. The van der Waals surface area contributed by atoms with Crippen LogP contribution in [0.3, 0.4) is 0 Å². The van der Waals surface area contributed by atoms with Gasteiger partial charge in [-0.15, -0.1) is 0 Å². The van der Waals surface area contributed by atoms with Gasteiger partial charge >= 0.3 is 0 Å². The van der Waals surface area contributed by atoms with E-state index in [4.69, 9.17) is 9.26 Å². The van der Waals surface area contributed by atoms with Gasteiger partial charge in [0.05, 0.1) is 25.1 Å². The van der Waals surface area contributed by atoms with Crippen molar-refractivity contribution in [3.8, 4) is 5.75 Å². The van der Waals surface area contributed by atoms with Crippen LogP contribution in [0.15, 0.2) is 28.8 Å². The second-order valence-corrected chi connectivity index (χ2v) is 7.19. The molecule has 1 aliphatic rings. The number of carbonyl (C=O) groups excluding carboxylic acids is 2. The third-order valence-electron chi connectivity index (χ3n) is 5.33. The maximum Gasteiger partial charge on any atom is 0.230 e. The fourth-order valence-corrected chi connectivity index (χ4v) is 3.75. The molecular weight excluding hydrogens is 358 g/mol. The monoisotopic (exact) mass is 385 g/mol. The van der Waals surface area contributed by atoms with E-state index < -0.39 is 0 Å². The molecule has 1 aromatic carbocycles. The van der Waals surface area contributed by atoms with Crippen LogP contribution in [-0.2, 0) is 16.0 Å². The minimum Gasteiger partial charge on any atom is -0.497 e. The number of aromatic nitrogens is 1. The van der Waals surface area contributed by atoms with Crippen molar-refractivity contribution in [1.82, 2.24) is 15.0 Å². The number of carbonyl (C=O) groups is 2. The zero-order valence-electron chi connectivity index (χ0n) is 16.9. The molecule has 1 saturated heterocycles. The van der Waals surface area contributed by atoms with Crippen molar-refractivity contribution in [3.05, 3.63) is 46.8 Å². The first-order valence-corrected chi connectivity index (χ1v) is 9.53. The molecule has 7 heteroatoms. The summed E-state index contributed by atoms with van der Waals surface area (Å²) in [5, 5.41) is 3.94. The van der Waals surface area contributed by atoms with Gasteiger partial charge in [-0.3, -0.25) is 9.59 Å². The Hall–Kier alpha value is -2.83. The van der Waals surface area contributed by atoms with E-state index in [2.05, 4.69) is 5.16 Å². The number of nitrogens with zero attached hydrogens (tertiary/aromatic N) is 3. The summed E-state index contributed by atoms with van der Waals surface area (Å²) in [4.78, 5) is 29.1. The zero-order chi connectivity index (χ0) is 20.3. The third kappa shape index (κ3) is 4.18. The largest absolute Gasteiger partial charge is 0.497 e. The quantitative estimate of drug-likeness (QED) is 0.790. The van der Waals surface area contributed by atoms with Gasteiger partial charge in [0.15, 0.2) is 0 Å². The van der Waals surface area contributed by atoms with Crippen molar-refractivity contribution in [2.45, 2.75) is 33.1 Å².